The molecular formula is C12H11ClF3N5O. The van der Waals surface area contributed by atoms with Gasteiger partial charge in [-0.2, -0.15) is 18.3 Å². The van der Waals surface area contributed by atoms with Crippen LogP contribution in [0.2, 0.25) is 5.02 Å². The van der Waals surface area contributed by atoms with Crippen molar-refractivity contribution in [1.29, 1.82) is 0 Å². The molecule has 2 rings (SSSR count). The van der Waals surface area contributed by atoms with Gasteiger partial charge in [0.15, 0.2) is 0 Å². The van der Waals surface area contributed by atoms with Crippen LogP contribution in [0.1, 0.15) is 12.0 Å². The number of rotatable bonds is 5. The van der Waals surface area contributed by atoms with E-state index in [1.807, 2.05) is 0 Å². The molecule has 2 heterocycles. The van der Waals surface area contributed by atoms with Crippen molar-refractivity contribution in [2.75, 3.05) is 17.2 Å². The number of nitrogens with zero attached hydrogens (tertiary/aromatic N) is 2. The van der Waals surface area contributed by atoms with Gasteiger partial charge in [0.25, 0.3) is 0 Å². The quantitative estimate of drug-likeness (QED) is 0.785. The average molecular weight is 334 g/mol. The standard InChI is InChI=1S/C12H11ClF3N5O/c13-8-5-7(12(14,15)16)6-18-11(8)17-3-2-10(22)20-9-1-4-19-21-9/h1,4-6H,2-3H2,(H,17,18)(H2,19,20,21,22). The maximum Gasteiger partial charge on any atom is 0.417 e. The summed E-state index contributed by atoms with van der Waals surface area (Å²) in [5.41, 5.74) is -0.931. The van der Waals surface area contributed by atoms with E-state index in [0.717, 1.165) is 6.07 Å². The van der Waals surface area contributed by atoms with Crippen LogP contribution in [0.15, 0.2) is 24.5 Å². The highest BCUT2D eigenvalue weighted by Gasteiger charge is 2.31. The van der Waals surface area contributed by atoms with Gasteiger partial charge < -0.3 is 10.6 Å². The summed E-state index contributed by atoms with van der Waals surface area (Å²) in [7, 11) is 0. The molecule has 0 fully saturated rings. The Hall–Kier alpha value is -2.29. The van der Waals surface area contributed by atoms with E-state index in [1.54, 1.807) is 6.07 Å². The number of H-pyrrole nitrogens is 1. The van der Waals surface area contributed by atoms with Crippen molar-refractivity contribution in [1.82, 2.24) is 15.2 Å². The number of amides is 1. The molecule has 2 aromatic heterocycles. The number of alkyl halides is 3. The van der Waals surface area contributed by atoms with E-state index in [0.29, 0.717) is 12.0 Å². The summed E-state index contributed by atoms with van der Waals surface area (Å²) in [6.07, 6.45) is -2.25. The van der Waals surface area contributed by atoms with Gasteiger partial charge in [-0.3, -0.25) is 9.89 Å². The molecule has 0 spiro atoms. The molecule has 2 aromatic rings. The van der Waals surface area contributed by atoms with Crippen LogP contribution < -0.4 is 10.6 Å². The largest absolute Gasteiger partial charge is 0.417 e. The molecule has 22 heavy (non-hydrogen) atoms. The Morgan fingerprint density at radius 1 is 1.41 bits per heavy atom. The molecule has 0 saturated carbocycles. The molecule has 0 aliphatic carbocycles. The summed E-state index contributed by atoms with van der Waals surface area (Å²) in [4.78, 5) is 15.2. The number of pyridine rings is 1. The molecule has 0 bridgehead atoms. The lowest BCUT2D eigenvalue weighted by Crippen LogP contribution is -2.17. The SMILES string of the molecule is O=C(CCNc1ncc(C(F)(F)F)cc1Cl)Nc1ccn[nH]1. The van der Waals surface area contributed by atoms with Crippen molar-refractivity contribution in [3.05, 3.63) is 35.1 Å². The number of hydrogen-bond acceptors (Lipinski definition) is 4. The zero-order valence-electron chi connectivity index (χ0n) is 11.0. The van der Waals surface area contributed by atoms with Crippen molar-refractivity contribution < 1.29 is 18.0 Å². The molecule has 0 aliphatic rings. The lowest BCUT2D eigenvalue weighted by atomic mass is 10.2. The number of aromatic amines is 1. The number of aromatic nitrogens is 3. The first-order valence-electron chi connectivity index (χ1n) is 6.12. The minimum absolute atomic E-state index is 0.0814. The van der Waals surface area contributed by atoms with Crippen molar-refractivity contribution in [3.8, 4) is 0 Å². The number of carbonyl (C=O) groups is 1. The molecule has 0 atom stereocenters. The Morgan fingerprint density at radius 3 is 2.77 bits per heavy atom. The zero-order valence-corrected chi connectivity index (χ0v) is 11.8. The summed E-state index contributed by atoms with van der Waals surface area (Å²) in [5, 5.41) is 11.3. The Morgan fingerprint density at radius 2 is 2.18 bits per heavy atom. The third-order valence-electron chi connectivity index (χ3n) is 2.59. The first-order chi connectivity index (χ1) is 10.4. The minimum Gasteiger partial charge on any atom is -0.368 e. The van der Waals surface area contributed by atoms with Gasteiger partial charge in [-0.05, 0) is 6.07 Å². The summed E-state index contributed by atoms with van der Waals surface area (Å²) in [6, 6.07) is 2.36. The van der Waals surface area contributed by atoms with Crippen molar-refractivity contribution in [2.24, 2.45) is 0 Å². The molecule has 10 heteroatoms. The van der Waals surface area contributed by atoms with Gasteiger partial charge >= 0.3 is 6.18 Å². The fourth-order valence-electron chi connectivity index (χ4n) is 1.56. The van der Waals surface area contributed by atoms with E-state index in [2.05, 4.69) is 25.8 Å². The van der Waals surface area contributed by atoms with Gasteiger partial charge in [-0.15, -0.1) is 0 Å². The van der Waals surface area contributed by atoms with Gasteiger partial charge in [0.1, 0.15) is 11.6 Å². The Balaban J connectivity index is 1.85. The Bertz CT molecular complexity index is 645. The van der Waals surface area contributed by atoms with E-state index in [1.165, 1.54) is 6.20 Å². The first kappa shape index (κ1) is 16.1. The lowest BCUT2D eigenvalue weighted by molar-refractivity contribution is -0.137. The zero-order chi connectivity index (χ0) is 16.2. The Labute approximate surface area is 128 Å². The molecule has 6 nitrogen and oxygen atoms in total. The van der Waals surface area contributed by atoms with Crippen LogP contribution in [0.4, 0.5) is 24.8 Å². The molecule has 0 aromatic carbocycles. The number of halogens is 4. The maximum absolute atomic E-state index is 12.5. The monoisotopic (exact) mass is 333 g/mol. The molecule has 1 amide bonds. The van der Waals surface area contributed by atoms with Crippen LogP contribution in [0.5, 0.6) is 0 Å². The van der Waals surface area contributed by atoms with Gasteiger partial charge in [0.05, 0.1) is 16.8 Å². The predicted octanol–water partition coefficient (Wildman–Crippen LogP) is 2.92. The van der Waals surface area contributed by atoms with Crippen molar-refractivity contribution in [2.45, 2.75) is 12.6 Å². The highest BCUT2D eigenvalue weighted by atomic mass is 35.5. The second-order valence-corrected chi connectivity index (χ2v) is 4.65. The van der Waals surface area contributed by atoms with Crippen LogP contribution in [0.3, 0.4) is 0 Å². The van der Waals surface area contributed by atoms with E-state index < -0.39 is 11.7 Å². The van der Waals surface area contributed by atoms with Gasteiger partial charge in [-0.25, -0.2) is 4.98 Å². The fourth-order valence-corrected chi connectivity index (χ4v) is 1.79. The van der Waals surface area contributed by atoms with Crippen LogP contribution in [-0.4, -0.2) is 27.6 Å². The van der Waals surface area contributed by atoms with E-state index in [-0.39, 0.29) is 29.7 Å². The summed E-state index contributed by atoms with van der Waals surface area (Å²) in [6.45, 7) is 0.165. The number of hydrogen-bond donors (Lipinski definition) is 3. The molecule has 0 unspecified atom stereocenters. The molecule has 3 N–H and O–H groups in total. The Kier molecular flexibility index (Phi) is 4.86. The molecule has 118 valence electrons. The number of carbonyl (C=O) groups excluding carboxylic acids is 1. The van der Waals surface area contributed by atoms with Gasteiger partial charge in [0.2, 0.25) is 5.91 Å². The highest BCUT2D eigenvalue weighted by molar-refractivity contribution is 6.32. The van der Waals surface area contributed by atoms with Gasteiger partial charge in [0, 0.05) is 25.2 Å². The molecule has 0 aliphatic heterocycles. The molecule has 0 saturated heterocycles. The molecular weight excluding hydrogens is 323 g/mol. The second kappa shape index (κ2) is 6.65. The third-order valence-corrected chi connectivity index (χ3v) is 2.88. The summed E-state index contributed by atoms with van der Waals surface area (Å²) < 4.78 is 37.4. The van der Waals surface area contributed by atoms with E-state index in [4.69, 9.17) is 11.6 Å². The average Bonchev–Trinajstić information content (AvgIpc) is 2.92. The topological polar surface area (TPSA) is 82.7 Å². The highest BCUT2D eigenvalue weighted by Crippen LogP contribution is 2.32. The second-order valence-electron chi connectivity index (χ2n) is 4.25. The lowest BCUT2D eigenvalue weighted by Gasteiger charge is -2.10. The van der Waals surface area contributed by atoms with Crippen molar-refractivity contribution in [3.63, 3.8) is 0 Å². The first-order valence-corrected chi connectivity index (χ1v) is 6.50. The minimum atomic E-state index is -4.50. The van der Waals surface area contributed by atoms with Crippen LogP contribution in [0, 0.1) is 0 Å². The van der Waals surface area contributed by atoms with Crippen LogP contribution in [0.25, 0.3) is 0 Å². The molecule has 0 radical (unpaired) electrons. The van der Waals surface area contributed by atoms with E-state index >= 15 is 0 Å². The number of anilines is 2. The number of nitrogens with one attached hydrogen (secondary N) is 3. The normalized spacial score (nSPS) is 11.3. The third kappa shape index (κ3) is 4.35. The van der Waals surface area contributed by atoms with Crippen LogP contribution in [-0.2, 0) is 11.0 Å². The fraction of sp³-hybridized carbons (Fsp3) is 0.250. The smallest absolute Gasteiger partial charge is 0.368 e. The van der Waals surface area contributed by atoms with Gasteiger partial charge in [-0.1, -0.05) is 11.6 Å². The predicted molar refractivity (Wildman–Crippen MR) is 74.6 cm³/mol. The van der Waals surface area contributed by atoms with E-state index in [9.17, 15) is 18.0 Å². The summed E-state index contributed by atoms with van der Waals surface area (Å²) in [5.74, 6) is 0.250. The maximum atomic E-state index is 12.5. The van der Waals surface area contributed by atoms with Crippen LogP contribution >= 0.6 is 11.6 Å². The summed E-state index contributed by atoms with van der Waals surface area (Å²) >= 11 is 5.73. The van der Waals surface area contributed by atoms with Crippen molar-refractivity contribution >= 4 is 29.1 Å².